The first-order valence-electron chi connectivity index (χ1n) is 10.7. The fourth-order valence-electron chi connectivity index (χ4n) is 3.66. The molecule has 0 spiro atoms. The van der Waals surface area contributed by atoms with Gasteiger partial charge < -0.3 is 14.3 Å². The molecule has 1 aromatic carbocycles. The Bertz CT molecular complexity index is 992. The summed E-state index contributed by atoms with van der Waals surface area (Å²) < 4.78 is 11.4. The summed E-state index contributed by atoms with van der Waals surface area (Å²) in [6.45, 7) is 9.02. The summed E-state index contributed by atoms with van der Waals surface area (Å²) >= 11 is 0. The van der Waals surface area contributed by atoms with Crippen molar-refractivity contribution >= 4 is 5.91 Å². The van der Waals surface area contributed by atoms with Crippen LogP contribution in [0.3, 0.4) is 0 Å². The van der Waals surface area contributed by atoms with Crippen LogP contribution in [0.25, 0.3) is 22.7 Å². The molecule has 0 atom stereocenters. The minimum absolute atomic E-state index is 0.0927. The van der Waals surface area contributed by atoms with Gasteiger partial charge in [-0.2, -0.15) is 0 Å². The van der Waals surface area contributed by atoms with E-state index in [0.717, 1.165) is 50.3 Å². The lowest BCUT2D eigenvalue weighted by Gasteiger charge is -2.33. The van der Waals surface area contributed by atoms with E-state index >= 15 is 0 Å². The monoisotopic (exact) mass is 424 g/mol. The van der Waals surface area contributed by atoms with Gasteiger partial charge in [-0.05, 0) is 13.3 Å². The molecular weight excluding hydrogens is 396 g/mol. The lowest BCUT2D eigenvalue weighted by atomic mass is 10.1. The van der Waals surface area contributed by atoms with Crippen molar-refractivity contribution in [1.82, 2.24) is 30.5 Å². The highest BCUT2D eigenvalue weighted by atomic mass is 16.5. The smallest absolute Gasteiger partial charge is 0.253 e. The predicted molar refractivity (Wildman–Crippen MR) is 115 cm³/mol. The minimum atomic E-state index is 0.0927. The largest absolute Gasteiger partial charge is 0.419 e. The summed E-state index contributed by atoms with van der Waals surface area (Å²) in [5.41, 5.74) is 2.37. The van der Waals surface area contributed by atoms with E-state index < -0.39 is 0 Å². The van der Waals surface area contributed by atoms with Crippen LogP contribution < -0.4 is 5.32 Å². The van der Waals surface area contributed by atoms with Gasteiger partial charge in [0.25, 0.3) is 5.89 Å². The maximum Gasteiger partial charge on any atom is 0.253 e. The third-order valence-electron chi connectivity index (χ3n) is 5.35. The quantitative estimate of drug-likeness (QED) is 0.588. The number of amides is 1. The molecule has 31 heavy (non-hydrogen) atoms. The molecule has 1 aliphatic heterocycles. The number of hydrogen-bond donors (Lipinski definition) is 1. The average molecular weight is 425 g/mol. The van der Waals surface area contributed by atoms with Crippen molar-refractivity contribution in [2.75, 3.05) is 39.3 Å². The molecule has 3 aromatic rings. The van der Waals surface area contributed by atoms with Crippen molar-refractivity contribution in [3.63, 3.8) is 0 Å². The molecule has 1 N–H and O–H groups in total. The number of carbonyl (C=O) groups excluding carboxylic acids is 1. The normalized spacial score (nSPS) is 15.3. The second kappa shape index (κ2) is 9.84. The standard InChI is InChI=1S/C22H28N6O3/c1-3-9-23-18(29)14-27-10-12-28(13-11-27)15-19-24-25-22(30-19)20-16(2)31-26-21(20)17-7-5-4-6-8-17/h4-8H,3,9-15H2,1-2H3,(H,23,29). The van der Waals surface area contributed by atoms with Gasteiger partial charge in [-0.3, -0.25) is 14.6 Å². The molecule has 9 nitrogen and oxygen atoms in total. The number of hydrogen-bond acceptors (Lipinski definition) is 8. The first-order chi connectivity index (χ1) is 15.1. The summed E-state index contributed by atoms with van der Waals surface area (Å²) in [6, 6.07) is 9.81. The molecular formula is C22H28N6O3. The number of rotatable bonds is 8. The highest BCUT2D eigenvalue weighted by Gasteiger charge is 2.24. The Kier molecular flexibility index (Phi) is 6.73. The molecule has 4 rings (SSSR count). The molecule has 1 aliphatic rings. The zero-order chi connectivity index (χ0) is 21.6. The highest BCUT2D eigenvalue weighted by Crippen LogP contribution is 2.33. The highest BCUT2D eigenvalue weighted by molar-refractivity contribution is 5.78. The Morgan fingerprint density at radius 1 is 1.10 bits per heavy atom. The van der Waals surface area contributed by atoms with E-state index in [2.05, 4.69) is 37.4 Å². The first kappa shape index (κ1) is 21.2. The van der Waals surface area contributed by atoms with Crippen molar-refractivity contribution in [3.8, 4) is 22.7 Å². The second-order valence-electron chi connectivity index (χ2n) is 7.73. The van der Waals surface area contributed by atoms with E-state index in [9.17, 15) is 4.79 Å². The summed E-state index contributed by atoms with van der Waals surface area (Å²) in [6.07, 6.45) is 0.951. The number of nitrogens with one attached hydrogen (secondary N) is 1. The number of benzene rings is 1. The summed E-state index contributed by atoms with van der Waals surface area (Å²) in [7, 11) is 0. The molecule has 1 fully saturated rings. The van der Waals surface area contributed by atoms with Crippen LogP contribution in [0.1, 0.15) is 25.0 Å². The van der Waals surface area contributed by atoms with Crippen LogP contribution in [-0.4, -0.2) is 70.3 Å². The molecule has 0 aliphatic carbocycles. The van der Waals surface area contributed by atoms with Gasteiger partial charge in [-0.25, -0.2) is 0 Å². The van der Waals surface area contributed by atoms with Crippen LogP contribution in [0, 0.1) is 6.92 Å². The van der Waals surface area contributed by atoms with E-state index in [1.165, 1.54) is 0 Å². The zero-order valence-electron chi connectivity index (χ0n) is 18.0. The predicted octanol–water partition coefficient (Wildman–Crippen LogP) is 2.34. The average Bonchev–Trinajstić information content (AvgIpc) is 3.40. The number of piperazine rings is 1. The number of aromatic nitrogens is 3. The van der Waals surface area contributed by atoms with Gasteiger partial charge in [0.15, 0.2) is 0 Å². The summed E-state index contributed by atoms with van der Waals surface area (Å²) in [4.78, 5) is 16.3. The van der Waals surface area contributed by atoms with Gasteiger partial charge in [0.2, 0.25) is 11.8 Å². The summed E-state index contributed by atoms with van der Waals surface area (Å²) in [5, 5.41) is 15.6. The third kappa shape index (κ3) is 5.18. The van der Waals surface area contributed by atoms with E-state index in [1.54, 1.807) is 0 Å². The topological polar surface area (TPSA) is 101 Å². The van der Waals surface area contributed by atoms with Crippen molar-refractivity contribution in [3.05, 3.63) is 42.0 Å². The number of aryl methyl sites for hydroxylation is 1. The van der Waals surface area contributed by atoms with Crippen molar-refractivity contribution < 1.29 is 13.7 Å². The number of carbonyl (C=O) groups is 1. The van der Waals surface area contributed by atoms with Gasteiger partial charge in [0, 0.05) is 38.3 Å². The van der Waals surface area contributed by atoms with Crippen molar-refractivity contribution in [2.24, 2.45) is 0 Å². The molecule has 1 saturated heterocycles. The van der Waals surface area contributed by atoms with E-state index in [-0.39, 0.29) is 5.91 Å². The Balaban J connectivity index is 1.36. The van der Waals surface area contributed by atoms with Crippen LogP contribution in [0.4, 0.5) is 0 Å². The molecule has 9 heteroatoms. The molecule has 2 aromatic heterocycles. The fourth-order valence-corrected chi connectivity index (χ4v) is 3.66. The minimum Gasteiger partial charge on any atom is -0.419 e. The molecule has 3 heterocycles. The lowest BCUT2D eigenvalue weighted by Crippen LogP contribution is -2.49. The van der Waals surface area contributed by atoms with Gasteiger partial charge in [-0.15, -0.1) is 10.2 Å². The first-order valence-corrected chi connectivity index (χ1v) is 10.7. The van der Waals surface area contributed by atoms with Gasteiger partial charge >= 0.3 is 0 Å². The van der Waals surface area contributed by atoms with Gasteiger partial charge in [-0.1, -0.05) is 42.4 Å². The molecule has 1 amide bonds. The van der Waals surface area contributed by atoms with Crippen molar-refractivity contribution in [2.45, 2.75) is 26.8 Å². The van der Waals surface area contributed by atoms with E-state index in [0.29, 0.717) is 36.3 Å². The van der Waals surface area contributed by atoms with Crippen LogP contribution >= 0.6 is 0 Å². The molecule has 0 unspecified atom stereocenters. The zero-order valence-corrected chi connectivity index (χ0v) is 18.0. The number of nitrogens with zero attached hydrogens (tertiary/aromatic N) is 5. The van der Waals surface area contributed by atoms with E-state index in [1.807, 2.05) is 37.3 Å². The summed E-state index contributed by atoms with van der Waals surface area (Å²) in [5.74, 6) is 1.71. The fraction of sp³-hybridized carbons (Fsp3) is 0.455. The van der Waals surface area contributed by atoms with Gasteiger partial charge in [0.1, 0.15) is 17.0 Å². The van der Waals surface area contributed by atoms with E-state index in [4.69, 9.17) is 8.94 Å². The van der Waals surface area contributed by atoms with Gasteiger partial charge in [0.05, 0.1) is 13.1 Å². The van der Waals surface area contributed by atoms with Crippen LogP contribution in [-0.2, 0) is 11.3 Å². The third-order valence-corrected chi connectivity index (χ3v) is 5.35. The molecule has 0 radical (unpaired) electrons. The molecule has 0 saturated carbocycles. The maximum atomic E-state index is 11.9. The lowest BCUT2D eigenvalue weighted by molar-refractivity contribution is -0.122. The van der Waals surface area contributed by atoms with Crippen LogP contribution in [0.2, 0.25) is 0 Å². The Hall–Kier alpha value is -3.04. The SMILES string of the molecule is CCCNC(=O)CN1CCN(Cc2nnc(-c3c(-c4ccccc4)noc3C)o2)CC1. The maximum absolute atomic E-state index is 11.9. The molecule has 164 valence electrons. The molecule has 0 bridgehead atoms. The van der Waals surface area contributed by atoms with Crippen LogP contribution in [0.5, 0.6) is 0 Å². The van der Waals surface area contributed by atoms with Crippen LogP contribution in [0.15, 0.2) is 39.3 Å². The Labute approximate surface area is 181 Å². The Morgan fingerprint density at radius 2 is 1.84 bits per heavy atom. The Morgan fingerprint density at radius 3 is 2.58 bits per heavy atom. The van der Waals surface area contributed by atoms with Crippen molar-refractivity contribution in [1.29, 1.82) is 0 Å². The second-order valence-corrected chi connectivity index (χ2v) is 7.73.